The number of carbonyl (C=O) groups excluding carboxylic acids is 4. The second kappa shape index (κ2) is 6.51. The first-order chi connectivity index (χ1) is 17.9. The maximum absolute atomic E-state index is 15.6. The van der Waals surface area contributed by atoms with Gasteiger partial charge in [0.2, 0.25) is 0 Å². The zero-order chi connectivity index (χ0) is 27.3. The highest BCUT2D eigenvalue weighted by molar-refractivity contribution is 6.41. The summed E-state index contributed by atoms with van der Waals surface area (Å²) in [5, 5.41) is -6.98. The molecule has 0 radical (unpaired) electrons. The number of carbonyl (C=O) groups is 4. The highest BCUT2D eigenvalue weighted by atomic mass is 19.2. The Morgan fingerprint density at radius 2 is 0.500 bits per heavy atom. The van der Waals surface area contributed by atoms with E-state index in [9.17, 15) is 19.2 Å². The van der Waals surface area contributed by atoms with E-state index in [4.69, 9.17) is 0 Å². The molecule has 5 aromatic carbocycles. The van der Waals surface area contributed by atoms with Gasteiger partial charge in [-0.1, -0.05) is 0 Å². The highest BCUT2D eigenvalue weighted by Gasteiger charge is 2.42. The summed E-state index contributed by atoms with van der Waals surface area (Å²) in [6.45, 7) is 0. The van der Waals surface area contributed by atoms with Crippen molar-refractivity contribution in [1.29, 1.82) is 0 Å². The summed E-state index contributed by atoms with van der Waals surface area (Å²) in [5.41, 5.74) is -5.33. The number of hydrogen-bond acceptors (Lipinski definition) is 4. The largest absolute Gasteiger partial charge is 0.288 e. The number of nitrogens with one attached hydrogen (secondary N) is 2. The van der Waals surface area contributed by atoms with Crippen LogP contribution in [-0.4, -0.2) is 23.6 Å². The van der Waals surface area contributed by atoms with Crippen LogP contribution >= 0.6 is 0 Å². The molecule has 0 aliphatic carbocycles. The summed E-state index contributed by atoms with van der Waals surface area (Å²) < 4.78 is 123. The van der Waals surface area contributed by atoms with Crippen molar-refractivity contribution in [2.24, 2.45) is 0 Å². The molecule has 0 atom stereocenters. The van der Waals surface area contributed by atoms with E-state index in [0.717, 1.165) is 0 Å². The molecule has 0 fully saturated rings. The van der Waals surface area contributed by atoms with Gasteiger partial charge in [-0.25, -0.2) is 35.1 Å². The average molecular weight is 534 g/mol. The minimum atomic E-state index is -2.12. The Morgan fingerprint density at radius 3 is 0.711 bits per heavy atom. The van der Waals surface area contributed by atoms with Crippen molar-refractivity contribution >= 4 is 66.7 Å². The summed E-state index contributed by atoms with van der Waals surface area (Å²) in [5.74, 6) is -23.3. The topological polar surface area (TPSA) is 92.3 Å². The van der Waals surface area contributed by atoms with Gasteiger partial charge in [-0.15, -0.1) is 0 Å². The average Bonchev–Trinajstić information content (AvgIpc) is 2.85. The molecule has 0 saturated heterocycles. The fourth-order valence-electron chi connectivity index (χ4n) is 5.50. The van der Waals surface area contributed by atoms with Gasteiger partial charge in [0.25, 0.3) is 23.6 Å². The quantitative estimate of drug-likeness (QED) is 0.131. The Hall–Kier alpha value is -4.88. The molecule has 5 aromatic rings. The molecule has 2 N–H and O–H groups in total. The van der Waals surface area contributed by atoms with E-state index in [2.05, 4.69) is 0 Å². The van der Waals surface area contributed by atoms with Crippen molar-refractivity contribution in [1.82, 2.24) is 10.6 Å². The van der Waals surface area contributed by atoms with E-state index in [1.54, 1.807) is 0 Å². The molecule has 0 unspecified atom stereocenters. The second-order valence-corrected chi connectivity index (χ2v) is 8.58. The minimum absolute atomic E-state index is 1.10. The second-order valence-electron chi connectivity index (χ2n) is 8.58. The third-order valence-corrected chi connectivity index (χ3v) is 6.89. The van der Waals surface area contributed by atoms with Gasteiger partial charge in [-0.05, 0) is 0 Å². The number of benzene rings is 5. The summed E-state index contributed by atoms with van der Waals surface area (Å²) in [6.07, 6.45) is 0. The lowest BCUT2D eigenvalue weighted by Gasteiger charge is -2.26. The number of hydrogen-bond donors (Lipinski definition) is 2. The first-order valence-electron chi connectivity index (χ1n) is 10.3. The smallest absolute Gasteiger partial charge is 0.261 e. The predicted octanol–water partition coefficient (Wildman–Crippen LogP) is 4.62. The Balaban J connectivity index is 2.01. The fourth-order valence-corrected chi connectivity index (χ4v) is 5.50. The van der Waals surface area contributed by atoms with Gasteiger partial charge in [0.1, 0.15) is 0 Å². The third kappa shape index (κ3) is 2.13. The van der Waals surface area contributed by atoms with Crippen molar-refractivity contribution in [2.75, 3.05) is 0 Å². The number of amides is 4. The Morgan fingerprint density at radius 1 is 0.289 bits per heavy atom. The lowest BCUT2D eigenvalue weighted by molar-refractivity contribution is 0.0822. The summed E-state index contributed by atoms with van der Waals surface area (Å²) >= 11 is 0. The molecule has 2 aliphatic heterocycles. The van der Waals surface area contributed by atoms with Gasteiger partial charge in [0.05, 0.1) is 22.3 Å². The van der Waals surface area contributed by atoms with Crippen LogP contribution in [0.5, 0.6) is 0 Å². The van der Waals surface area contributed by atoms with Gasteiger partial charge >= 0.3 is 0 Å². The number of halogens is 8. The molecular weight excluding hydrogens is 532 g/mol. The summed E-state index contributed by atoms with van der Waals surface area (Å²) in [6, 6.07) is 0. The lowest BCUT2D eigenvalue weighted by atomic mass is 9.81. The summed E-state index contributed by atoms with van der Waals surface area (Å²) in [7, 11) is 0. The van der Waals surface area contributed by atoms with Crippen LogP contribution in [0.4, 0.5) is 35.1 Å². The molecule has 0 saturated carbocycles. The van der Waals surface area contributed by atoms with E-state index in [1.807, 2.05) is 0 Å². The zero-order valence-corrected chi connectivity index (χ0v) is 17.7. The maximum Gasteiger partial charge on any atom is 0.261 e. The molecule has 38 heavy (non-hydrogen) atoms. The van der Waals surface area contributed by atoms with E-state index in [1.165, 1.54) is 10.6 Å². The minimum Gasteiger partial charge on any atom is -0.288 e. The molecule has 7 rings (SSSR count). The van der Waals surface area contributed by atoms with Crippen molar-refractivity contribution < 1.29 is 54.3 Å². The van der Waals surface area contributed by atoms with Crippen molar-refractivity contribution in [3.63, 3.8) is 0 Å². The van der Waals surface area contributed by atoms with Crippen LogP contribution in [0.3, 0.4) is 0 Å². The van der Waals surface area contributed by atoms with E-state index in [-0.39, 0.29) is 0 Å². The van der Waals surface area contributed by atoms with Gasteiger partial charge in [-0.2, -0.15) is 0 Å². The van der Waals surface area contributed by atoms with Gasteiger partial charge < -0.3 is 0 Å². The van der Waals surface area contributed by atoms with E-state index in [0.29, 0.717) is 0 Å². The number of imide groups is 2. The molecule has 6 nitrogen and oxygen atoms in total. The van der Waals surface area contributed by atoms with Crippen molar-refractivity contribution in [3.8, 4) is 0 Å². The molecule has 0 aromatic heterocycles. The van der Waals surface area contributed by atoms with Gasteiger partial charge in [0.15, 0.2) is 46.5 Å². The number of rotatable bonds is 0. The third-order valence-electron chi connectivity index (χ3n) is 6.89. The Labute approximate surface area is 201 Å². The van der Waals surface area contributed by atoms with Gasteiger partial charge in [-0.3, -0.25) is 29.8 Å². The molecule has 188 valence electrons. The van der Waals surface area contributed by atoms with E-state index < -0.39 is 136 Å². The molecular formula is C24H2F8N2O4. The first kappa shape index (κ1) is 22.3. The van der Waals surface area contributed by atoms with Crippen LogP contribution in [0.2, 0.25) is 0 Å². The zero-order valence-electron chi connectivity index (χ0n) is 17.7. The Bertz CT molecular complexity index is 1850. The molecule has 0 bridgehead atoms. The lowest BCUT2D eigenvalue weighted by Crippen LogP contribution is -2.37. The van der Waals surface area contributed by atoms with E-state index >= 15 is 35.1 Å². The van der Waals surface area contributed by atoms with Crippen LogP contribution < -0.4 is 10.6 Å². The van der Waals surface area contributed by atoms with Crippen molar-refractivity contribution in [3.05, 3.63) is 68.8 Å². The Kier molecular flexibility index (Phi) is 3.83. The fraction of sp³-hybridized carbons (Fsp3) is 0. The van der Waals surface area contributed by atoms with Crippen LogP contribution in [0.15, 0.2) is 0 Å². The van der Waals surface area contributed by atoms with Crippen LogP contribution in [0.25, 0.3) is 43.1 Å². The molecule has 2 heterocycles. The molecule has 14 heteroatoms. The number of fused-ring (bicyclic) bond motifs is 2. The molecule has 4 amide bonds. The SMILES string of the molecule is O=C1NC(=O)c2c(F)c(F)c3c4c(F)c(F)c5c6c(c(F)c(F)c(c7c(F)c(F)c1c2c73)c64)C(=O)NC5=O. The first-order valence-corrected chi connectivity index (χ1v) is 10.3. The van der Waals surface area contributed by atoms with Gasteiger partial charge in [0, 0.05) is 43.1 Å². The monoisotopic (exact) mass is 534 g/mol. The van der Waals surface area contributed by atoms with Crippen LogP contribution in [-0.2, 0) is 0 Å². The normalized spacial score (nSPS) is 14.9. The summed E-state index contributed by atoms with van der Waals surface area (Å²) in [4.78, 5) is 49.4. The highest BCUT2D eigenvalue weighted by Crippen LogP contribution is 2.51. The maximum atomic E-state index is 15.6. The van der Waals surface area contributed by atoms with Crippen LogP contribution in [0, 0.1) is 46.5 Å². The van der Waals surface area contributed by atoms with Crippen molar-refractivity contribution in [2.45, 2.75) is 0 Å². The van der Waals surface area contributed by atoms with Crippen LogP contribution in [0.1, 0.15) is 41.4 Å². The standard InChI is InChI=1S/C24H2F8N2O4/c25-13-5-1-3-9(17(13)29)21(35)33-22(36)10(3)18(30)14(26)6(1)8-2-4-11(19(31)15(27)7(2)5)23(37)34-24(38)12(4)20(32)16(8)28/h(H,33,35,36)(H,34,37,38). The molecule has 2 aliphatic rings. The molecule has 0 spiro atoms. The predicted molar refractivity (Wildman–Crippen MR) is 111 cm³/mol.